The summed E-state index contributed by atoms with van der Waals surface area (Å²) in [4.78, 5) is 0. The van der Waals surface area contributed by atoms with E-state index in [1.807, 2.05) is 0 Å². The molecule has 0 aromatic heterocycles. The van der Waals surface area contributed by atoms with Gasteiger partial charge in [-0.1, -0.05) is 66.7 Å². The standard InChI is InChI=1S/C20H23N/c1-16(21-20-10-6-3-7-11-20)17-12-14-19(15-13-17)18-8-4-2-5-9-18/h2-6,8-9,12-16,20-21H,7,10-11H2,1H3. The third-order valence-corrected chi connectivity index (χ3v) is 4.27. The summed E-state index contributed by atoms with van der Waals surface area (Å²) in [6, 6.07) is 20.5. The molecule has 2 unspecified atom stereocenters. The van der Waals surface area contributed by atoms with Crippen LogP contribution in [0.15, 0.2) is 66.7 Å². The number of rotatable bonds is 4. The molecule has 1 N–H and O–H groups in total. The molecule has 0 heterocycles. The first-order valence-corrected chi connectivity index (χ1v) is 7.89. The first-order chi connectivity index (χ1) is 10.3. The summed E-state index contributed by atoms with van der Waals surface area (Å²) in [5.74, 6) is 0. The third kappa shape index (κ3) is 3.62. The molecule has 1 aliphatic rings. The largest absolute Gasteiger partial charge is 0.307 e. The minimum atomic E-state index is 0.409. The van der Waals surface area contributed by atoms with Gasteiger partial charge in [0.2, 0.25) is 0 Å². The summed E-state index contributed by atoms with van der Waals surface area (Å²) >= 11 is 0. The van der Waals surface area contributed by atoms with Crippen molar-refractivity contribution in [3.05, 3.63) is 72.3 Å². The maximum Gasteiger partial charge on any atom is 0.0294 e. The lowest BCUT2D eigenvalue weighted by Crippen LogP contribution is -2.32. The van der Waals surface area contributed by atoms with Crippen LogP contribution in [-0.2, 0) is 0 Å². The van der Waals surface area contributed by atoms with Crippen molar-refractivity contribution in [2.75, 3.05) is 0 Å². The van der Waals surface area contributed by atoms with Gasteiger partial charge in [-0.2, -0.15) is 0 Å². The maximum absolute atomic E-state index is 3.74. The summed E-state index contributed by atoms with van der Waals surface area (Å²) in [7, 11) is 0. The van der Waals surface area contributed by atoms with Gasteiger partial charge in [-0.15, -0.1) is 0 Å². The summed E-state index contributed by atoms with van der Waals surface area (Å²) in [6.45, 7) is 2.26. The SMILES string of the molecule is CC(NC1CC=CCC1)c1ccc(-c2ccccc2)cc1. The highest BCUT2D eigenvalue weighted by Crippen LogP contribution is 2.23. The molecule has 0 aliphatic heterocycles. The first kappa shape index (κ1) is 14.1. The smallest absolute Gasteiger partial charge is 0.0294 e. The molecule has 0 amide bonds. The first-order valence-electron chi connectivity index (χ1n) is 7.89. The third-order valence-electron chi connectivity index (χ3n) is 4.27. The molecule has 0 saturated carbocycles. The molecule has 0 saturated heterocycles. The Kier molecular flexibility index (Phi) is 4.52. The van der Waals surface area contributed by atoms with E-state index in [0.717, 1.165) is 6.42 Å². The van der Waals surface area contributed by atoms with Crippen LogP contribution in [0.25, 0.3) is 11.1 Å². The van der Waals surface area contributed by atoms with E-state index in [2.05, 4.69) is 79.0 Å². The molecule has 0 bridgehead atoms. The van der Waals surface area contributed by atoms with Crippen molar-refractivity contribution in [2.45, 2.75) is 38.3 Å². The molecule has 2 aromatic rings. The number of benzene rings is 2. The highest BCUT2D eigenvalue weighted by Gasteiger charge is 2.13. The van der Waals surface area contributed by atoms with E-state index in [4.69, 9.17) is 0 Å². The van der Waals surface area contributed by atoms with Crippen molar-refractivity contribution in [3.63, 3.8) is 0 Å². The fraction of sp³-hybridized carbons (Fsp3) is 0.300. The molecule has 108 valence electrons. The van der Waals surface area contributed by atoms with E-state index in [9.17, 15) is 0 Å². The van der Waals surface area contributed by atoms with Crippen LogP contribution in [0.4, 0.5) is 0 Å². The molecule has 1 nitrogen and oxygen atoms in total. The molecular formula is C20H23N. The second-order valence-electron chi connectivity index (χ2n) is 5.86. The molecule has 3 rings (SSSR count). The van der Waals surface area contributed by atoms with E-state index < -0.39 is 0 Å². The van der Waals surface area contributed by atoms with Crippen LogP contribution in [0.2, 0.25) is 0 Å². The molecule has 1 heteroatoms. The molecule has 0 radical (unpaired) electrons. The van der Waals surface area contributed by atoms with Gasteiger partial charge in [0.1, 0.15) is 0 Å². The number of allylic oxidation sites excluding steroid dienone is 1. The van der Waals surface area contributed by atoms with Crippen LogP contribution in [0, 0.1) is 0 Å². The zero-order valence-electron chi connectivity index (χ0n) is 12.6. The number of nitrogens with one attached hydrogen (secondary N) is 1. The van der Waals surface area contributed by atoms with Crippen molar-refractivity contribution in [1.29, 1.82) is 0 Å². The van der Waals surface area contributed by atoms with Crippen molar-refractivity contribution >= 4 is 0 Å². The van der Waals surface area contributed by atoms with E-state index in [1.54, 1.807) is 0 Å². The molecule has 0 fully saturated rings. The van der Waals surface area contributed by atoms with Gasteiger partial charge in [-0.3, -0.25) is 0 Å². The highest BCUT2D eigenvalue weighted by molar-refractivity contribution is 5.63. The Morgan fingerprint density at radius 1 is 0.905 bits per heavy atom. The van der Waals surface area contributed by atoms with Gasteiger partial charge >= 0.3 is 0 Å². The second-order valence-corrected chi connectivity index (χ2v) is 5.86. The second kappa shape index (κ2) is 6.73. The van der Waals surface area contributed by atoms with Crippen LogP contribution >= 0.6 is 0 Å². The normalized spacial score (nSPS) is 19.4. The van der Waals surface area contributed by atoms with Gasteiger partial charge in [0.25, 0.3) is 0 Å². The summed E-state index contributed by atoms with van der Waals surface area (Å²) in [5, 5.41) is 3.74. The topological polar surface area (TPSA) is 12.0 Å². The average molecular weight is 277 g/mol. The fourth-order valence-corrected chi connectivity index (χ4v) is 2.99. The van der Waals surface area contributed by atoms with Gasteiger partial charge in [0.05, 0.1) is 0 Å². The van der Waals surface area contributed by atoms with Crippen LogP contribution in [0.5, 0.6) is 0 Å². The van der Waals surface area contributed by atoms with Crippen molar-refractivity contribution in [2.24, 2.45) is 0 Å². The Morgan fingerprint density at radius 3 is 2.29 bits per heavy atom. The Labute approximate surface area is 127 Å². The van der Waals surface area contributed by atoms with Gasteiger partial charge < -0.3 is 5.32 Å². The van der Waals surface area contributed by atoms with Crippen LogP contribution in [0.3, 0.4) is 0 Å². The van der Waals surface area contributed by atoms with Crippen LogP contribution < -0.4 is 5.32 Å². The zero-order valence-corrected chi connectivity index (χ0v) is 12.6. The summed E-state index contributed by atoms with van der Waals surface area (Å²) in [6.07, 6.45) is 8.20. The predicted octanol–water partition coefficient (Wildman–Crippen LogP) is 5.11. The Morgan fingerprint density at radius 2 is 1.62 bits per heavy atom. The zero-order chi connectivity index (χ0) is 14.5. The minimum absolute atomic E-state index is 0.409. The lowest BCUT2D eigenvalue weighted by Gasteiger charge is -2.24. The van der Waals surface area contributed by atoms with Crippen molar-refractivity contribution in [1.82, 2.24) is 5.32 Å². The van der Waals surface area contributed by atoms with E-state index in [0.29, 0.717) is 12.1 Å². The lowest BCUT2D eigenvalue weighted by atomic mass is 9.98. The van der Waals surface area contributed by atoms with Crippen LogP contribution in [-0.4, -0.2) is 6.04 Å². The van der Waals surface area contributed by atoms with E-state index >= 15 is 0 Å². The van der Waals surface area contributed by atoms with E-state index in [1.165, 1.54) is 29.5 Å². The predicted molar refractivity (Wildman–Crippen MR) is 90.2 cm³/mol. The summed E-state index contributed by atoms with van der Waals surface area (Å²) in [5.41, 5.74) is 3.93. The van der Waals surface area contributed by atoms with Gasteiger partial charge in [-0.25, -0.2) is 0 Å². The molecule has 2 aromatic carbocycles. The van der Waals surface area contributed by atoms with Crippen LogP contribution in [0.1, 0.15) is 37.8 Å². The van der Waals surface area contributed by atoms with E-state index in [-0.39, 0.29) is 0 Å². The molecule has 21 heavy (non-hydrogen) atoms. The van der Waals surface area contributed by atoms with Crippen molar-refractivity contribution in [3.8, 4) is 11.1 Å². The van der Waals surface area contributed by atoms with Gasteiger partial charge in [0, 0.05) is 12.1 Å². The van der Waals surface area contributed by atoms with Gasteiger partial charge in [0.15, 0.2) is 0 Å². The molecule has 2 atom stereocenters. The highest BCUT2D eigenvalue weighted by atomic mass is 14.9. The Balaban J connectivity index is 1.67. The Bertz CT molecular complexity index is 583. The Hall–Kier alpha value is -1.86. The fourth-order valence-electron chi connectivity index (χ4n) is 2.99. The quantitative estimate of drug-likeness (QED) is 0.765. The minimum Gasteiger partial charge on any atom is -0.307 e. The van der Waals surface area contributed by atoms with Crippen molar-refractivity contribution < 1.29 is 0 Å². The lowest BCUT2D eigenvalue weighted by molar-refractivity contribution is 0.426. The molecular weight excluding hydrogens is 254 g/mol. The number of hydrogen-bond acceptors (Lipinski definition) is 1. The summed E-state index contributed by atoms with van der Waals surface area (Å²) < 4.78 is 0. The maximum atomic E-state index is 3.74. The molecule has 0 spiro atoms. The monoisotopic (exact) mass is 277 g/mol. The average Bonchev–Trinajstić information content (AvgIpc) is 2.57. The number of hydrogen-bond donors (Lipinski definition) is 1. The molecule has 1 aliphatic carbocycles. The van der Waals surface area contributed by atoms with Gasteiger partial charge in [-0.05, 0) is 42.9 Å².